The molecule has 148 valence electrons. The molecule has 1 saturated heterocycles. The fourth-order valence-corrected chi connectivity index (χ4v) is 4.65. The van der Waals surface area contributed by atoms with Crippen LogP contribution >= 0.6 is 0 Å². The highest BCUT2D eigenvalue weighted by molar-refractivity contribution is 5.72. The molecule has 2 aliphatic rings. The summed E-state index contributed by atoms with van der Waals surface area (Å²) >= 11 is 0. The van der Waals surface area contributed by atoms with Crippen molar-refractivity contribution >= 4 is 5.57 Å². The molecule has 0 radical (unpaired) electrons. The molecule has 0 bridgehead atoms. The van der Waals surface area contributed by atoms with Gasteiger partial charge in [-0.3, -0.25) is 4.90 Å². The molecule has 28 heavy (non-hydrogen) atoms. The lowest BCUT2D eigenvalue weighted by molar-refractivity contribution is 0.197. The molecule has 1 fully saturated rings. The lowest BCUT2D eigenvalue weighted by Gasteiger charge is -2.33. The summed E-state index contributed by atoms with van der Waals surface area (Å²) in [5.41, 5.74) is 10.7. The lowest BCUT2D eigenvalue weighted by Crippen LogP contribution is -2.38. The molecule has 4 rings (SSSR count). The van der Waals surface area contributed by atoms with E-state index in [2.05, 4.69) is 68.1 Å². The van der Waals surface area contributed by atoms with Gasteiger partial charge < -0.3 is 0 Å². The molecule has 2 aromatic carbocycles. The minimum absolute atomic E-state index is 0.727. The monoisotopic (exact) mass is 373 g/mol. The van der Waals surface area contributed by atoms with Gasteiger partial charge in [0.2, 0.25) is 0 Å². The van der Waals surface area contributed by atoms with Crippen LogP contribution in [-0.4, -0.2) is 24.5 Å². The van der Waals surface area contributed by atoms with Crippen LogP contribution < -0.4 is 0 Å². The third kappa shape index (κ3) is 4.58. The number of hydrogen-bond acceptors (Lipinski definition) is 1. The Morgan fingerprint density at radius 2 is 1.54 bits per heavy atom. The molecule has 0 unspecified atom stereocenters. The summed E-state index contributed by atoms with van der Waals surface area (Å²) < 4.78 is 0. The van der Waals surface area contributed by atoms with E-state index in [-0.39, 0.29) is 0 Å². The number of aryl methyl sites for hydroxylation is 3. The van der Waals surface area contributed by atoms with Crippen LogP contribution in [-0.2, 0) is 25.7 Å². The van der Waals surface area contributed by atoms with Gasteiger partial charge in [-0.25, -0.2) is 0 Å². The first-order valence-electron chi connectivity index (χ1n) is 11.2. The molecule has 0 spiro atoms. The van der Waals surface area contributed by atoms with E-state index in [1.807, 2.05) is 0 Å². The molecule has 1 heteroatoms. The zero-order chi connectivity index (χ0) is 19.5. The van der Waals surface area contributed by atoms with Gasteiger partial charge in [0, 0.05) is 6.54 Å². The third-order valence-corrected chi connectivity index (χ3v) is 6.53. The maximum absolute atomic E-state index is 2.59. The number of likely N-dealkylation sites (tertiary alicyclic amines) is 1. The number of fused-ring (bicyclic) bond motifs is 1. The second kappa shape index (κ2) is 8.66. The van der Waals surface area contributed by atoms with E-state index in [1.165, 1.54) is 67.6 Å². The predicted octanol–water partition coefficient (Wildman–Crippen LogP) is 6.10. The summed E-state index contributed by atoms with van der Waals surface area (Å²) in [6.07, 6.45) is 7.30. The van der Waals surface area contributed by atoms with Gasteiger partial charge >= 0.3 is 0 Å². The second-order valence-corrected chi connectivity index (χ2v) is 9.26. The summed E-state index contributed by atoms with van der Waals surface area (Å²) in [5.74, 6) is 0.727. The van der Waals surface area contributed by atoms with E-state index in [1.54, 1.807) is 16.7 Å². The third-order valence-electron chi connectivity index (χ3n) is 6.53. The Morgan fingerprint density at radius 1 is 0.857 bits per heavy atom. The number of allylic oxidation sites excluding steroid dienone is 1. The Morgan fingerprint density at radius 3 is 2.21 bits per heavy atom. The van der Waals surface area contributed by atoms with Crippen molar-refractivity contribution in [2.45, 2.75) is 59.3 Å². The zero-order valence-electron chi connectivity index (χ0n) is 17.9. The van der Waals surface area contributed by atoms with Crippen LogP contribution in [0.3, 0.4) is 0 Å². The molecule has 1 nitrogen and oxygen atoms in total. The Bertz CT molecular complexity index is 837. The topological polar surface area (TPSA) is 3.24 Å². The maximum Gasteiger partial charge on any atom is 0.0198 e. The number of nitrogens with zero attached hydrogens (tertiary/aromatic N) is 1. The summed E-state index contributed by atoms with van der Waals surface area (Å²) in [7, 11) is 0. The summed E-state index contributed by atoms with van der Waals surface area (Å²) in [6, 6.07) is 16.5. The van der Waals surface area contributed by atoms with Crippen molar-refractivity contribution in [3.8, 4) is 0 Å². The first kappa shape index (κ1) is 19.5. The average Bonchev–Trinajstić information content (AvgIpc) is 2.65. The van der Waals surface area contributed by atoms with Crippen molar-refractivity contribution in [2.75, 3.05) is 19.6 Å². The van der Waals surface area contributed by atoms with Gasteiger partial charge in [-0.05, 0) is 97.8 Å². The van der Waals surface area contributed by atoms with Crippen LogP contribution in [0, 0.1) is 5.92 Å². The number of benzene rings is 2. The molecule has 0 N–H and O–H groups in total. The van der Waals surface area contributed by atoms with Crippen molar-refractivity contribution in [2.24, 2.45) is 5.92 Å². The standard InChI is InChI=1S/C27H35N/c1-20(2)17-23-8-5-22(6-9-23)7-10-24-11-14-27-21(3)26(13-12-25(27)18-24)19-28-15-4-16-28/h5-6,8-9,11,14,18,20H,4,7,10,12-13,15-17,19H2,1-3H3. The minimum atomic E-state index is 0.727. The Hall–Kier alpha value is -1.86. The first-order chi connectivity index (χ1) is 13.6. The molecular formula is C27H35N. The zero-order valence-corrected chi connectivity index (χ0v) is 17.9. The minimum Gasteiger partial charge on any atom is -0.299 e. The van der Waals surface area contributed by atoms with E-state index in [4.69, 9.17) is 0 Å². The molecular weight excluding hydrogens is 338 g/mol. The lowest BCUT2D eigenvalue weighted by atomic mass is 9.84. The van der Waals surface area contributed by atoms with Gasteiger partial charge in [0.15, 0.2) is 0 Å². The van der Waals surface area contributed by atoms with E-state index >= 15 is 0 Å². The van der Waals surface area contributed by atoms with E-state index in [0.717, 1.165) is 18.8 Å². The first-order valence-corrected chi connectivity index (χ1v) is 11.2. The molecule has 0 atom stereocenters. The van der Waals surface area contributed by atoms with Crippen LogP contribution in [0.5, 0.6) is 0 Å². The Kier molecular flexibility index (Phi) is 6.01. The van der Waals surface area contributed by atoms with Gasteiger partial charge in [-0.1, -0.05) is 61.9 Å². The number of hydrogen-bond donors (Lipinski definition) is 0. The van der Waals surface area contributed by atoms with Crippen molar-refractivity contribution < 1.29 is 0 Å². The second-order valence-electron chi connectivity index (χ2n) is 9.26. The smallest absolute Gasteiger partial charge is 0.0198 e. The van der Waals surface area contributed by atoms with Crippen molar-refractivity contribution in [1.29, 1.82) is 0 Å². The Balaban J connectivity index is 1.39. The van der Waals surface area contributed by atoms with Crippen LogP contribution in [0.4, 0.5) is 0 Å². The average molecular weight is 374 g/mol. The summed E-state index contributed by atoms with van der Waals surface area (Å²) in [4.78, 5) is 2.59. The van der Waals surface area contributed by atoms with Gasteiger partial charge in [0.1, 0.15) is 0 Å². The summed E-state index contributed by atoms with van der Waals surface area (Å²) in [5, 5.41) is 0. The van der Waals surface area contributed by atoms with Crippen LogP contribution in [0.2, 0.25) is 0 Å². The maximum atomic E-state index is 2.59. The van der Waals surface area contributed by atoms with Crippen molar-refractivity contribution in [3.05, 3.63) is 75.9 Å². The molecule has 1 aliphatic carbocycles. The van der Waals surface area contributed by atoms with Gasteiger partial charge in [-0.2, -0.15) is 0 Å². The number of rotatable bonds is 7. The highest BCUT2D eigenvalue weighted by atomic mass is 15.2. The van der Waals surface area contributed by atoms with Gasteiger partial charge in [-0.15, -0.1) is 0 Å². The van der Waals surface area contributed by atoms with Crippen LogP contribution in [0.15, 0.2) is 48.0 Å². The normalized spacial score (nSPS) is 17.0. The summed E-state index contributed by atoms with van der Waals surface area (Å²) in [6.45, 7) is 10.7. The predicted molar refractivity (Wildman–Crippen MR) is 121 cm³/mol. The largest absolute Gasteiger partial charge is 0.299 e. The highest BCUT2D eigenvalue weighted by Crippen LogP contribution is 2.33. The van der Waals surface area contributed by atoms with Gasteiger partial charge in [0.25, 0.3) is 0 Å². The molecule has 0 aromatic heterocycles. The molecule has 1 heterocycles. The van der Waals surface area contributed by atoms with Gasteiger partial charge in [0.05, 0.1) is 0 Å². The molecule has 0 amide bonds. The molecule has 1 aliphatic heterocycles. The molecule has 0 saturated carbocycles. The van der Waals surface area contributed by atoms with Crippen molar-refractivity contribution in [1.82, 2.24) is 4.90 Å². The SMILES string of the molecule is CC1=C(CN2CCC2)CCc2cc(CCc3ccc(CC(C)C)cc3)ccc21. The fourth-order valence-electron chi connectivity index (χ4n) is 4.65. The quantitative estimate of drug-likeness (QED) is 0.567. The molecule has 2 aromatic rings. The van der Waals surface area contributed by atoms with E-state index < -0.39 is 0 Å². The van der Waals surface area contributed by atoms with Crippen molar-refractivity contribution in [3.63, 3.8) is 0 Å². The van der Waals surface area contributed by atoms with E-state index in [9.17, 15) is 0 Å². The highest BCUT2D eigenvalue weighted by Gasteiger charge is 2.20. The van der Waals surface area contributed by atoms with E-state index in [0.29, 0.717) is 0 Å². The van der Waals surface area contributed by atoms with Crippen LogP contribution in [0.1, 0.15) is 61.4 Å². The van der Waals surface area contributed by atoms with Crippen LogP contribution in [0.25, 0.3) is 5.57 Å². The Labute approximate surface area is 171 Å². The fraction of sp³-hybridized carbons (Fsp3) is 0.481.